The summed E-state index contributed by atoms with van der Waals surface area (Å²) in [5.74, 6) is 0.862. The first-order valence-electron chi connectivity index (χ1n) is 11.2. The van der Waals surface area contributed by atoms with E-state index in [0.717, 1.165) is 36.8 Å². The van der Waals surface area contributed by atoms with Crippen LogP contribution in [-0.4, -0.2) is 51.3 Å². The third-order valence-electron chi connectivity index (χ3n) is 6.02. The third-order valence-corrected chi connectivity index (χ3v) is 6.43. The maximum atomic E-state index is 11.9. The zero-order valence-electron chi connectivity index (χ0n) is 19.6. The molecule has 0 amide bonds. The van der Waals surface area contributed by atoms with Crippen LogP contribution in [0, 0.1) is 0 Å². The zero-order valence-corrected chi connectivity index (χ0v) is 20.4. The number of nitrogens with one attached hydrogen (secondary N) is 1. The number of hydrogen-bond acceptors (Lipinski definition) is 8. The van der Waals surface area contributed by atoms with E-state index in [1.54, 1.807) is 36.1 Å². The number of nitrogens with zero attached hydrogens (tertiary/aromatic N) is 5. The average Bonchev–Trinajstić information content (AvgIpc) is 3.49. The molecule has 3 heterocycles. The number of rotatable bonds is 6. The van der Waals surface area contributed by atoms with Gasteiger partial charge in [-0.2, -0.15) is 10.1 Å². The number of carbonyl (C=O) groups excluding carboxylic acids is 1. The van der Waals surface area contributed by atoms with Gasteiger partial charge >= 0.3 is 5.97 Å². The van der Waals surface area contributed by atoms with Crippen LogP contribution in [0.15, 0.2) is 36.5 Å². The van der Waals surface area contributed by atoms with Crippen LogP contribution in [0.1, 0.15) is 35.8 Å². The van der Waals surface area contributed by atoms with Crippen LogP contribution in [0.4, 0.5) is 11.6 Å². The molecule has 4 aromatic rings. The second kappa shape index (κ2) is 9.55. The van der Waals surface area contributed by atoms with Crippen molar-refractivity contribution in [3.05, 3.63) is 47.1 Å². The van der Waals surface area contributed by atoms with E-state index in [1.165, 1.54) is 14.2 Å². The number of anilines is 2. The normalized spacial score (nSPS) is 15.8. The Morgan fingerprint density at radius 1 is 1.23 bits per heavy atom. The standard InChI is InChI=1S/C24H25ClN6O4/c1-30-24(28-22(29-30)14-7-8-15(23(32)34-3)19(12-14)33-2)27-17-9-10-18-16(21(17)25)13-26-31(18)20-6-4-5-11-35-20/h7-10,12-13,20H,4-6,11H2,1-3H3,(H,27,28,29). The molecule has 1 unspecified atom stereocenters. The molecule has 1 saturated heterocycles. The van der Waals surface area contributed by atoms with Gasteiger partial charge in [0.05, 0.1) is 36.6 Å². The Kier molecular flexibility index (Phi) is 6.31. The molecule has 0 spiro atoms. The number of hydrogen-bond donors (Lipinski definition) is 1. The summed E-state index contributed by atoms with van der Waals surface area (Å²) >= 11 is 6.75. The first-order valence-corrected chi connectivity index (χ1v) is 11.6. The first kappa shape index (κ1) is 23.1. The highest BCUT2D eigenvalue weighted by Crippen LogP contribution is 2.35. The van der Waals surface area contributed by atoms with Crippen molar-refractivity contribution in [2.75, 3.05) is 26.1 Å². The molecule has 10 nitrogen and oxygen atoms in total. The van der Waals surface area contributed by atoms with Gasteiger partial charge in [0, 0.05) is 24.6 Å². The summed E-state index contributed by atoms with van der Waals surface area (Å²) in [4.78, 5) is 16.6. The van der Waals surface area contributed by atoms with Crippen LogP contribution in [0.5, 0.6) is 5.75 Å². The lowest BCUT2D eigenvalue weighted by Crippen LogP contribution is -2.18. The molecule has 1 atom stereocenters. The Labute approximate surface area is 206 Å². The van der Waals surface area contributed by atoms with Gasteiger partial charge in [-0.25, -0.2) is 14.2 Å². The van der Waals surface area contributed by atoms with Gasteiger partial charge in [0.1, 0.15) is 11.3 Å². The molecular weight excluding hydrogens is 472 g/mol. The van der Waals surface area contributed by atoms with E-state index in [4.69, 9.17) is 25.8 Å². The molecule has 1 fully saturated rings. The molecule has 0 bridgehead atoms. The molecule has 11 heteroatoms. The summed E-state index contributed by atoms with van der Waals surface area (Å²) in [6.45, 7) is 0.741. The van der Waals surface area contributed by atoms with E-state index in [9.17, 15) is 4.79 Å². The fourth-order valence-corrected chi connectivity index (χ4v) is 4.43. The molecule has 1 N–H and O–H groups in total. The molecule has 0 aliphatic carbocycles. The van der Waals surface area contributed by atoms with Gasteiger partial charge in [-0.3, -0.25) is 0 Å². The van der Waals surface area contributed by atoms with Crippen LogP contribution in [-0.2, 0) is 16.5 Å². The van der Waals surface area contributed by atoms with E-state index >= 15 is 0 Å². The number of carbonyl (C=O) groups is 1. The van der Waals surface area contributed by atoms with E-state index in [1.807, 2.05) is 16.8 Å². The van der Waals surface area contributed by atoms with Crippen LogP contribution in [0.2, 0.25) is 5.02 Å². The lowest BCUT2D eigenvalue weighted by molar-refractivity contribution is -0.0366. The van der Waals surface area contributed by atoms with Crippen LogP contribution in [0.3, 0.4) is 0 Å². The van der Waals surface area contributed by atoms with Gasteiger partial charge in [0.2, 0.25) is 5.95 Å². The Hall–Kier alpha value is -3.63. The summed E-state index contributed by atoms with van der Waals surface area (Å²) in [6.07, 6.45) is 4.82. The summed E-state index contributed by atoms with van der Waals surface area (Å²) < 4.78 is 19.6. The molecule has 35 heavy (non-hydrogen) atoms. The Balaban J connectivity index is 1.43. The number of ether oxygens (including phenoxy) is 3. The smallest absolute Gasteiger partial charge is 0.341 e. The number of aryl methyl sites for hydroxylation is 1. The van der Waals surface area contributed by atoms with Crippen molar-refractivity contribution in [2.45, 2.75) is 25.5 Å². The molecule has 2 aromatic carbocycles. The quantitative estimate of drug-likeness (QED) is 0.382. The minimum Gasteiger partial charge on any atom is -0.496 e. The van der Waals surface area contributed by atoms with Gasteiger partial charge in [0.25, 0.3) is 0 Å². The summed E-state index contributed by atoms with van der Waals surface area (Å²) in [5.41, 5.74) is 2.62. The topological polar surface area (TPSA) is 105 Å². The fraction of sp³-hybridized carbons (Fsp3) is 0.333. The minimum atomic E-state index is -0.479. The molecule has 182 valence electrons. The molecule has 0 radical (unpaired) electrons. The number of esters is 1. The van der Waals surface area contributed by atoms with Gasteiger partial charge in [0.15, 0.2) is 12.1 Å². The largest absolute Gasteiger partial charge is 0.496 e. The predicted molar refractivity (Wildman–Crippen MR) is 131 cm³/mol. The van der Waals surface area contributed by atoms with Crippen molar-refractivity contribution in [3.63, 3.8) is 0 Å². The number of aromatic nitrogens is 5. The highest BCUT2D eigenvalue weighted by atomic mass is 35.5. The SMILES string of the molecule is COC(=O)c1ccc(-c2nc(Nc3ccc4c(cnn4C4CCCCO4)c3Cl)n(C)n2)cc1OC. The van der Waals surface area contributed by atoms with E-state index in [2.05, 4.69) is 20.5 Å². The predicted octanol–water partition coefficient (Wildman–Crippen LogP) is 4.72. The maximum absolute atomic E-state index is 11.9. The Bertz CT molecular complexity index is 1390. The van der Waals surface area contributed by atoms with Gasteiger partial charge in [-0.1, -0.05) is 11.6 Å². The first-order chi connectivity index (χ1) is 17.0. The molecule has 1 aliphatic rings. The monoisotopic (exact) mass is 496 g/mol. The van der Waals surface area contributed by atoms with Crippen molar-refractivity contribution in [2.24, 2.45) is 7.05 Å². The maximum Gasteiger partial charge on any atom is 0.341 e. The molecule has 5 rings (SSSR count). The number of fused-ring (bicyclic) bond motifs is 1. The summed E-state index contributed by atoms with van der Waals surface area (Å²) in [6, 6.07) is 8.94. The summed E-state index contributed by atoms with van der Waals surface area (Å²) in [7, 11) is 4.60. The Morgan fingerprint density at radius 3 is 2.83 bits per heavy atom. The Morgan fingerprint density at radius 2 is 2.09 bits per heavy atom. The molecule has 0 saturated carbocycles. The average molecular weight is 497 g/mol. The van der Waals surface area contributed by atoms with Crippen molar-refractivity contribution in [1.82, 2.24) is 24.5 Å². The van der Waals surface area contributed by atoms with Crippen molar-refractivity contribution < 1.29 is 19.0 Å². The number of methoxy groups -OCH3 is 2. The van der Waals surface area contributed by atoms with E-state index in [-0.39, 0.29) is 6.23 Å². The fourth-order valence-electron chi connectivity index (χ4n) is 4.18. The van der Waals surface area contributed by atoms with Gasteiger partial charge in [-0.05, 0) is 49.6 Å². The van der Waals surface area contributed by atoms with Crippen LogP contribution in [0.25, 0.3) is 22.3 Å². The van der Waals surface area contributed by atoms with Crippen molar-refractivity contribution in [1.29, 1.82) is 0 Å². The lowest BCUT2D eigenvalue weighted by Gasteiger charge is -2.23. The number of benzene rings is 2. The minimum absolute atomic E-state index is 0.0695. The highest BCUT2D eigenvalue weighted by molar-refractivity contribution is 6.38. The molecule has 1 aliphatic heterocycles. The van der Waals surface area contributed by atoms with E-state index < -0.39 is 5.97 Å². The third kappa shape index (κ3) is 4.30. The van der Waals surface area contributed by atoms with Crippen LogP contribution < -0.4 is 10.1 Å². The van der Waals surface area contributed by atoms with Gasteiger partial charge in [-0.15, -0.1) is 5.10 Å². The molecule has 2 aromatic heterocycles. The highest BCUT2D eigenvalue weighted by Gasteiger charge is 2.21. The van der Waals surface area contributed by atoms with Crippen LogP contribution >= 0.6 is 11.6 Å². The van der Waals surface area contributed by atoms with E-state index in [0.29, 0.717) is 39.4 Å². The second-order valence-corrected chi connectivity index (χ2v) is 8.56. The van der Waals surface area contributed by atoms with Gasteiger partial charge < -0.3 is 19.5 Å². The molecular formula is C24H25ClN6O4. The summed E-state index contributed by atoms with van der Waals surface area (Å²) in [5, 5.41) is 13.7. The van der Waals surface area contributed by atoms with Crippen molar-refractivity contribution >= 4 is 40.1 Å². The second-order valence-electron chi connectivity index (χ2n) is 8.18. The zero-order chi connectivity index (χ0) is 24.5. The van der Waals surface area contributed by atoms with Crippen molar-refractivity contribution in [3.8, 4) is 17.1 Å². The number of halogens is 1. The lowest BCUT2D eigenvalue weighted by atomic mass is 10.1.